The van der Waals surface area contributed by atoms with Crippen LogP contribution in [0.25, 0.3) is 0 Å². The van der Waals surface area contributed by atoms with Gasteiger partial charge in [0.1, 0.15) is 0 Å². The van der Waals surface area contributed by atoms with Crippen LogP contribution >= 0.6 is 0 Å². The van der Waals surface area contributed by atoms with Crippen molar-refractivity contribution in [2.45, 2.75) is 37.2 Å². The highest BCUT2D eigenvalue weighted by molar-refractivity contribution is 7.89. The predicted octanol–water partition coefficient (Wildman–Crippen LogP) is 0.396. The van der Waals surface area contributed by atoms with Crippen molar-refractivity contribution in [1.82, 2.24) is 10.7 Å². The number of carbonyl (C=O) groups is 4. The second-order valence-corrected chi connectivity index (χ2v) is 9.15. The van der Waals surface area contributed by atoms with Crippen molar-refractivity contribution >= 4 is 39.4 Å². The molecule has 180 valence electrons. The van der Waals surface area contributed by atoms with Gasteiger partial charge in [-0.15, -0.1) is 0 Å². The minimum absolute atomic E-state index is 0.00105. The highest BCUT2D eigenvalue weighted by Crippen LogP contribution is 2.18. The molecular weight excluding hydrogens is 464 g/mol. The van der Waals surface area contributed by atoms with Crippen LogP contribution in [-0.2, 0) is 35.6 Å². The van der Waals surface area contributed by atoms with Crippen LogP contribution in [0.1, 0.15) is 35.7 Å². The Morgan fingerprint density at radius 2 is 1.74 bits per heavy atom. The number of nitrogens with two attached hydrogens (primary N) is 1. The third-order valence-electron chi connectivity index (χ3n) is 5.03. The van der Waals surface area contributed by atoms with Crippen LogP contribution in [0, 0.1) is 0 Å². The molecule has 4 N–H and O–H groups in total. The minimum atomic E-state index is -3.76. The average molecular weight is 489 g/mol. The van der Waals surface area contributed by atoms with E-state index in [-0.39, 0.29) is 41.7 Å². The molecule has 1 heterocycles. The van der Waals surface area contributed by atoms with Crippen LogP contribution in [0.15, 0.2) is 53.4 Å². The summed E-state index contributed by atoms with van der Waals surface area (Å²) in [7, 11) is -3.76. The zero-order chi connectivity index (χ0) is 24.9. The fourth-order valence-corrected chi connectivity index (χ4v) is 3.65. The molecule has 1 atom stereocenters. The van der Waals surface area contributed by atoms with E-state index >= 15 is 0 Å². The van der Waals surface area contributed by atoms with Crippen LogP contribution in [0.2, 0.25) is 0 Å². The van der Waals surface area contributed by atoms with Crippen LogP contribution < -0.4 is 20.9 Å². The summed E-state index contributed by atoms with van der Waals surface area (Å²) < 4.78 is 27.7. The van der Waals surface area contributed by atoms with E-state index in [2.05, 4.69) is 10.7 Å². The first-order valence-corrected chi connectivity index (χ1v) is 11.9. The molecule has 0 aromatic heterocycles. The van der Waals surface area contributed by atoms with Gasteiger partial charge < -0.3 is 10.1 Å². The smallest absolute Gasteiger partial charge is 0.338 e. The third kappa shape index (κ3) is 6.39. The molecule has 0 saturated carbocycles. The number of anilines is 1. The number of hydrazine groups is 1. The number of nitrogens with zero attached hydrogens (tertiary/aromatic N) is 1. The Bertz CT molecular complexity index is 1190. The van der Waals surface area contributed by atoms with Gasteiger partial charge in [0.15, 0.2) is 6.10 Å². The standard InChI is InChI=1S/C22H24N4O7S/c1-14(21(29)24-13-12-15-2-8-18(9-3-15)34(23,31)32)33-22(30)16-4-6-17(7-5-16)26-20(28)11-10-19(27)25-26/h2-9,14H,10-13H2,1H3,(H,24,29)(H,25,27)(H2,23,31,32). The summed E-state index contributed by atoms with van der Waals surface area (Å²) in [4.78, 5) is 48.1. The Hall–Kier alpha value is -3.77. The van der Waals surface area contributed by atoms with E-state index in [1.165, 1.54) is 43.3 Å². The molecule has 11 nitrogen and oxygen atoms in total. The van der Waals surface area contributed by atoms with Crippen molar-refractivity contribution in [1.29, 1.82) is 0 Å². The lowest BCUT2D eigenvalue weighted by Gasteiger charge is -2.27. The number of ether oxygens (including phenoxy) is 1. The van der Waals surface area contributed by atoms with Crippen molar-refractivity contribution in [3.05, 3.63) is 59.7 Å². The number of rotatable bonds is 8. The van der Waals surface area contributed by atoms with Gasteiger partial charge in [-0.1, -0.05) is 12.1 Å². The summed E-state index contributed by atoms with van der Waals surface area (Å²) in [6, 6.07) is 11.8. The summed E-state index contributed by atoms with van der Waals surface area (Å²) in [5.74, 6) is -1.75. The first-order chi connectivity index (χ1) is 16.0. The molecule has 12 heteroatoms. The molecule has 1 saturated heterocycles. The van der Waals surface area contributed by atoms with Crippen LogP contribution in [0.5, 0.6) is 0 Å². The Kier molecular flexibility index (Phi) is 7.64. The fraction of sp³-hybridized carbons (Fsp3) is 0.273. The molecule has 0 aliphatic carbocycles. The normalized spacial score (nSPS) is 14.8. The van der Waals surface area contributed by atoms with Gasteiger partial charge in [0.05, 0.1) is 16.1 Å². The first kappa shape index (κ1) is 24.9. The summed E-state index contributed by atoms with van der Waals surface area (Å²) in [5.41, 5.74) is 3.83. The van der Waals surface area contributed by atoms with E-state index in [0.717, 1.165) is 10.6 Å². The number of benzene rings is 2. The summed E-state index contributed by atoms with van der Waals surface area (Å²) in [6.07, 6.45) is -0.391. The lowest BCUT2D eigenvalue weighted by Crippen LogP contribution is -2.50. The number of carbonyl (C=O) groups excluding carboxylic acids is 4. The van der Waals surface area contributed by atoms with Crippen molar-refractivity contribution < 1.29 is 32.3 Å². The Labute approximate surface area is 196 Å². The van der Waals surface area contributed by atoms with Crippen molar-refractivity contribution in [3.8, 4) is 0 Å². The van der Waals surface area contributed by atoms with Gasteiger partial charge in [0.25, 0.3) is 5.91 Å². The van der Waals surface area contributed by atoms with Gasteiger partial charge in [-0.3, -0.25) is 19.8 Å². The molecule has 0 bridgehead atoms. The Balaban J connectivity index is 1.48. The largest absolute Gasteiger partial charge is 0.449 e. The molecule has 0 radical (unpaired) electrons. The molecule has 3 rings (SSSR count). The second-order valence-electron chi connectivity index (χ2n) is 7.59. The molecule has 3 amide bonds. The number of esters is 1. The van der Waals surface area contributed by atoms with Crippen LogP contribution in [-0.4, -0.2) is 44.8 Å². The zero-order valence-corrected chi connectivity index (χ0v) is 19.1. The van der Waals surface area contributed by atoms with Crippen molar-refractivity contribution in [2.24, 2.45) is 5.14 Å². The number of amides is 3. The monoisotopic (exact) mass is 488 g/mol. The fourth-order valence-electron chi connectivity index (χ4n) is 3.13. The van der Waals surface area contributed by atoms with Crippen LogP contribution in [0.4, 0.5) is 5.69 Å². The zero-order valence-electron chi connectivity index (χ0n) is 18.3. The number of sulfonamides is 1. The summed E-state index contributed by atoms with van der Waals surface area (Å²) >= 11 is 0. The SMILES string of the molecule is CC(OC(=O)c1ccc(N2NC(=O)CCC2=O)cc1)C(=O)NCCc1ccc(S(N)(=O)=O)cc1. The molecule has 1 fully saturated rings. The predicted molar refractivity (Wildman–Crippen MR) is 121 cm³/mol. The molecule has 1 unspecified atom stereocenters. The van der Waals surface area contributed by atoms with E-state index in [0.29, 0.717) is 12.1 Å². The van der Waals surface area contributed by atoms with Crippen LogP contribution in [0.3, 0.4) is 0 Å². The van der Waals surface area contributed by atoms with Gasteiger partial charge in [-0.25, -0.2) is 23.4 Å². The van der Waals surface area contributed by atoms with Gasteiger partial charge in [-0.05, 0) is 55.3 Å². The lowest BCUT2D eigenvalue weighted by molar-refractivity contribution is -0.130. The minimum Gasteiger partial charge on any atom is -0.449 e. The van der Waals surface area contributed by atoms with Gasteiger partial charge in [0, 0.05) is 19.4 Å². The number of nitrogens with one attached hydrogen (secondary N) is 2. The maximum absolute atomic E-state index is 12.4. The number of primary sulfonamides is 1. The lowest BCUT2D eigenvalue weighted by atomic mass is 10.1. The Morgan fingerprint density at radius 3 is 2.35 bits per heavy atom. The van der Waals surface area contributed by atoms with Crippen molar-refractivity contribution in [3.63, 3.8) is 0 Å². The molecule has 2 aromatic carbocycles. The van der Waals surface area contributed by atoms with E-state index < -0.39 is 28.0 Å². The highest BCUT2D eigenvalue weighted by Gasteiger charge is 2.25. The van der Waals surface area contributed by atoms with E-state index in [4.69, 9.17) is 9.88 Å². The maximum atomic E-state index is 12.4. The molecular formula is C22H24N4O7S. The topological polar surface area (TPSA) is 165 Å². The van der Waals surface area contributed by atoms with Crippen molar-refractivity contribution in [2.75, 3.05) is 11.6 Å². The molecule has 0 spiro atoms. The molecule has 1 aliphatic heterocycles. The quantitative estimate of drug-likeness (QED) is 0.452. The van der Waals surface area contributed by atoms with Gasteiger partial charge in [-0.2, -0.15) is 0 Å². The Morgan fingerprint density at radius 1 is 1.09 bits per heavy atom. The molecule has 34 heavy (non-hydrogen) atoms. The summed E-state index contributed by atoms with van der Waals surface area (Å²) in [6.45, 7) is 1.68. The third-order valence-corrected chi connectivity index (χ3v) is 5.96. The second kappa shape index (κ2) is 10.4. The molecule has 2 aromatic rings. The van der Waals surface area contributed by atoms with E-state index in [1.54, 1.807) is 12.1 Å². The summed E-state index contributed by atoms with van der Waals surface area (Å²) in [5, 5.41) is 8.83. The van der Waals surface area contributed by atoms with E-state index in [1.807, 2.05) is 0 Å². The average Bonchev–Trinajstić information content (AvgIpc) is 2.80. The molecule has 1 aliphatic rings. The first-order valence-electron chi connectivity index (χ1n) is 10.4. The number of hydrogen-bond acceptors (Lipinski definition) is 7. The van der Waals surface area contributed by atoms with Gasteiger partial charge in [0.2, 0.25) is 21.8 Å². The maximum Gasteiger partial charge on any atom is 0.338 e. The number of hydrogen-bond donors (Lipinski definition) is 3. The van der Waals surface area contributed by atoms with E-state index in [9.17, 15) is 27.6 Å². The highest BCUT2D eigenvalue weighted by atomic mass is 32.2. The van der Waals surface area contributed by atoms with Gasteiger partial charge >= 0.3 is 5.97 Å².